The van der Waals surface area contributed by atoms with E-state index in [4.69, 9.17) is 9.47 Å². The zero-order chi connectivity index (χ0) is 13.6. The predicted octanol–water partition coefficient (Wildman–Crippen LogP) is 3.70. The van der Waals surface area contributed by atoms with Crippen molar-refractivity contribution in [2.45, 2.75) is 18.3 Å². The van der Waals surface area contributed by atoms with Crippen molar-refractivity contribution in [2.24, 2.45) is 5.18 Å². The maximum absolute atomic E-state index is 10.4. The highest BCUT2D eigenvalue weighted by Crippen LogP contribution is 2.58. The first-order chi connectivity index (χ1) is 9.81. The maximum atomic E-state index is 10.4. The van der Waals surface area contributed by atoms with Crippen molar-refractivity contribution in [3.05, 3.63) is 47.0 Å². The Hall–Kier alpha value is -2.43. The number of ether oxygens (including phenoxy) is 2. The molecule has 5 nitrogen and oxygen atoms in total. The molecule has 1 saturated carbocycles. The lowest BCUT2D eigenvalue weighted by molar-refractivity contribution is 0.323. The van der Waals surface area contributed by atoms with E-state index in [1.54, 1.807) is 6.07 Å². The number of rotatable bonds is 3. The first kappa shape index (κ1) is 11.4. The molecule has 0 radical (unpaired) electrons. The van der Waals surface area contributed by atoms with Crippen LogP contribution in [0, 0.1) is 4.91 Å². The van der Waals surface area contributed by atoms with E-state index in [0.29, 0.717) is 5.75 Å². The SMILES string of the molecule is O=Nc1ccc(Oc2cccc3c2C2(CC2)CO3)cn1. The van der Waals surface area contributed by atoms with E-state index in [0.717, 1.165) is 36.5 Å². The third-order valence-electron chi connectivity index (χ3n) is 3.92. The van der Waals surface area contributed by atoms with Gasteiger partial charge in [0.25, 0.3) is 0 Å². The van der Waals surface area contributed by atoms with Crippen molar-refractivity contribution < 1.29 is 9.47 Å². The zero-order valence-electron chi connectivity index (χ0n) is 10.7. The highest BCUT2D eigenvalue weighted by molar-refractivity contribution is 5.56. The summed E-state index contributed by atoms with van der Waals surface area (Å²) >= 11 is 0. The van der Waals surface area contributed by atoms with Crippen molar-refractivity contribution in [3.8, 4) is 17.2 Å². The molecule has 4 rings (SSSR count). The summed E-state index contributed by atoms with van der Waals surface area (Å²) in [7, 11) is 0. The topological polar surface area (TPSA) is 60.8 Å². The molecule has 2 aliphatic rings. The van der Waals surface area contributed by atoms with Gasteiger partial charge in [-0.3, -0.25) is 0 Å². The number of benzene rings is 1. The van der Waals surface area contributed by atoms with Crippen molar-refractivity contribution >= 4 is 5.82 Å². The van der Waals surface area contributed by atoms with Gasteiger partial charge in [-0.15, -0.1) is 4.91 Å². The smallest absolute Gasteiger partial charge is 0.196 e. The summed E-state index contributed by atoms with van der Waals surface area (Å²) in [6.45, 7) is 0.745. The van der Waals surface area contributed by atoms with Gasteiger partial charge in [-0.1, -0.05) is 6.07 Å². The van der Waals surface area contributed by atoms with Gasteiger partial charge in [0.1, 0.15) is 17.2 Å². The van der Waals surface area contributed by atoms with Crippen LogP contribution in [0.1, 0.15) is 18.4 Å². The fourth-order valence-electron chi connectivity index (χ4n) is 2.69. The average molecular weight is 268 g/mol. The molecule has 0 unspecified atom stereocenters. The minimum Gasteiger partial charge on any atom is -0.492 e. The number of hydrogen-bond acceptors (Lipinski definition) is 5. The third-order valence-corrected chi connectivity index (χ3v) is 3.92. The molecule has 100 valence electrons. The second kappa shape index (κ2) is 4.03. The Bertz CT molecular complexity index is 678. The summed E-state index contributed by atoms with van der Waals surface area (Å²) in [4.78, 5) is 14.3. The number of pyridine rings is 1. The van der Waals surface area contributed by atoms with Gasteiger partial charge in [0.2, 0.25) is 0 Å². The number of hydrogen-bond donors (Lipinski definition) is 0. The monoisotopic (exact) mass is 268 g/mol. The van der Waals surface area contributed by atoms with Gasteiger partial charge in [-0.05, 0) is 42.3 Å². The van der Waals surface area contributed by atoms with Crippen LogP contribution < -0.4 is 9.47 Å². The maximum Gasteiger partial charge on any atom is 0.196 e. The van der Waals surface area contributed by atoms with Crippen molar-refractivity contribution in [1.29, 1.82) is 0 Å². The average Bonchev–Trinajstić information content (AvgIpc) is 3.16. The van der Waals surface area contributed by atoms with Gasteiger partial charge in [-0.2, -0.15) is 0 Å². The van der Waals surface area contributed by atoms with Gasteiger partial charge in [-0.25, -0.2) is 4.98 Å². The molecule has 0 N–H and O–H groups in total. The Labute approximate surface area is 115 Å². The molecule has 1 aromatic heterocycles. The molecule has 1 aliphatic heterocycles. The van der Waals surface area contributed by atoms with Crippen LogP contribution >= 0.6 is 0 Å². The van der Waals surface area contributed by atoms with E-state index < -0.39 is 0 Å². The standard InChI is InChI=1S/C15H12N2O3/c18-17-13-5-4-10(8-16-13)20-12-3-1-2-11-14(12)15(6-7-15)9-19-11/h1-5,8H,6-7,9H2. The molecule has 1 fully saturated rings. The van der Waals surface area contributed by atoms with Gasteiger partial charge < -0.3 is 9.47 Å². The number of aromatic nitrogens is 1. The first-order valence-electron chi connectivity index (χ1n) is 6.54. The molecular weight excluding hydrogens is 256 g/mol. The van der Waals surface area contributed by atoms with Crippen LogP contribution in [0.4, 0.5) is 5.82 Å². The largest absolute Gasteiger partial charge is 0.492 e. The molecular formula is C15H12N2O3. The molecule has 1 aromatic carbocycles. The van der Waals surface area contributed by atoms with Gasteiger partial charge in [0.05, 0.1) is 12.8 Å². The van der Waals surface area contributed by atoms with Crippen molar-refractivity contribution in [2.75, 3.05) is 6.61 Å². The summed E-state index contributed by atoms with van der Waals surface area (Å²) in [5.41, 5.74) is 1.32. The first-order valence-corrected chi connectivity index (χ1v) is 6.54. The molecule has 2 heterocycles. The van der Waals surface area contributed by atoms with Crippen molar-refractivity contribution in [3.63, 3.8) is 0 Å². The van der Waals surface area contributed by atoms with Gasteiger partial charge in [0, 0.05) is 11.0 Å². The molecule has 0 amide bonds. The lowest BCUT2D eigenvalue weighted by Gasteiger charge is -2.12. The van der Waals surface area contributed by atoms with Crippen LogP contribution in [0.5, 0.6) is 17.2 Å². The fraction of sp³-hybridized carbons (Fsp3) is 0.267. The second-order valence-electron chi connectivity index (χ2n) is 5.24. The highest BCUT2D eigenvalue weighted by atomic mass is 16.5. The van der Waals surface area contributed by atoms with Crippen LogP contribution in [0.25, 0.3) is 0 Å². The minimum atomic E-state index is 0.151. The van der Waals surface area contributed by atoms with E-state index in [-0.39, 0.29) is 11.2 Å². The van der Waals surface area contributed by atoms with Crippen LogP contribution in [0.2, 0.25) is 0 Å². The number of nitrogens with zero attached hydrogens (tertiary/aromatic N) is 2. The number of nitroso groups, excluding NO2 is 1. The number of fused-ring (bicyclic) bond motifs is 2. The van der Waals surface area contributed by atoms with Crippen LogP contribution in [0.3, 0.4) is 0 Å². The van der Waals surface area contributed by atoms with Crippen molar-refractivity contribution in [1.82, 2.24) is 4.98 Å². The molecule has 0 bridgehead atoms. The van der Waals surface area contributed by atoms with E-state index >= 15 is 0 Å². The Morgan fingerprint density at radius 3 is 2.85 bits per heavy atom. The van der Waals surface area contributed by atoms with Crippen LogP contribution in [0.15, 0.2) is 41.7 Å². The predicted molar refractivity (Wildman–Crippen MR) is 72.6 cm³/mol. The van der Waals surface area contributed by atoms with E-state index in [2.05, 4.69) is 10.2 Å². The molecule has 1 spiro atoms. The summed E-state index contributed by atoms with van der Waals surface area (Å²) in [5, 5.41) is 2.77. The summed E-state index contributed by atoms with van der Waals surface area (Å²) in [6.07, 6.45) is 3.80. The van der Waals surface area contributed by atoms with Crippen LogP contribution in [-0.2, 0) is 5.41 Å². The van der Waals surface area contributed by atoms with Crippen LogP contribution in [-0.4, -0.2) is 11.6 Å². The molecule has 0 atom stereocenters. The minimum absolute atomic E-state index is 0.151. The summed E-state index contributed by atoms with van der Waals surface area (Å²) in [5.74, 6) is 2.47. The Balaban J connectivity index is 1.69. The lowest BCUT2D eigenvalue weighted by Crippen LogP contribution is -2.08. The second-order valence-corrected chi connectivity index (χ2v) is 5.24. The fourth-order valence-corrected chi connectivity index (χ4v) is 2.69. The molecule has 2 aromatic rings. The van der Waals surface area contributed by atoms with E-state index in [1.165, 1.54) is 12.3 Å². The molecule has 5 heteroatoms. The quantitative estimate of drug-likeness (QED) is 0.796. The summed E-state index contributed by atoms with van der Waals surface area (Å²) < 4.78 is 11.6. The summed E-state index contributed by atoms with van der Waals surface area (Å²) in [6, 6.07) is 9.07. The Morgan fingerprint density at radius 2 is 2.15 bits per heavy atom. The Kier molecular flexibility index (Phi) is 2.30. The van der Waals surface area contributed by atoms with Gasteiger partial charge in [0.15, 0.2) is 5.82 Å². The normalized spacial score (nSPS) is 17.4. The zero-order valence-corrected chi connectivity index (χ0v) is 10.7. The lowest BCUT2D eigenvalue weighted by atomic mass is 9.97. The van der Waals surface area contributed by atoms with E-state index in [1.807, 2.05) is 18.2 Å². The third kappa shape index (κ3) is 1.66. The molecule has 20 heavy (non-hydrogen) atoms. The van der Waals surface area contributed by atoms with E-state index in [9.17, 15) is 4.91 Å². The van der Waals surface area contributed by atoms with Gasteiger partial charge >= 0.3 is 0 Å². The Morgan fingerprint density at radius 1 is 1.25 bits per heavy atom. The molecule has 0 saturated heterocycles. The highest BCUT2D eigenvalue weighted by Gasteiger charge is 2.52. The molecule has 1 aliphatic carbocycles.